The zero-order valence-corrected chi connectivity index (χ0v) is 18.9. The number of ether oxygens (including phenoxy) is 3. The van der Waals surface area contributed by atoms with Gasteiger partial charge in [-0.25, -0.2) is 4.98 Å². The van der Waals surface area contributed by atoms with Crippen molar-refractivity contribution in [3.05, 3.63) is 83.9 Å². The molecular weight excluding hydrogens is 416 g/mol. The molecule has 1 amide bonds. The highest BCUT2D eigenvalue weighted by molar-refractivity contribution is 5.99. The van der Waals surface area contributed by atoms with Crippen LogP contribution >= 0.6 is 0 Å². The first-order valence-corrected chi connectivity index (χ1v) is 10.7. The Bertz CT molecular complexity index is 1290. The fraction of sp³-hybridized carbons (Fsp3) is 0.185. The number of rotatable bonds is 8. The average Bonchev–Trinajstić information content (AvgIpc) is 2.87. The Morgan fingerprint density at radius 3 is 2.42 bits per heavy atom. The lowest BCUT2D eigenvalue weighted by Crippen LogP contribution is -2.22. The van der Waals surface area contributed by atoms with E-state index in [-0.39, 0.29) is 5.91 Å². The second-order valence-electron chi connectivity index (χ2n) is 7.44. The van der Waals surface area contributed by atoms with Crippen LogP contribution < -0.4 is 19.5 Å². The molecule has 4 rings (SSSR count). The summed E-state index contributed by atoms with van der Waals surface area (Å²) >= 11 is 0. The standard InChI is InChI=1S/C27H26N2O4/c1-4-33-26-16-25(19-8-6-10-22(14-19)32-3)29-24-12-11-20(15-23(24)26)27(30)28-17-18-7-5-9-21(13-18)31-2/h5-16H,4,17H2,1-3H3,(H,28,30). The SMILES string of the molecule is CCOc1cc(-c2cccc(OC)c2)nc2ccc(C(=O)NCc3cccc(OC)c3)cc12. The van der Waals surface area contributed by atoms with Gasteiger partial charge in [0.25, 0.3) is 5.91 Å². The molecule has 6 nitrogen and oxygen atoms in total. The van der Waals surface area contributed by atoms with Crippen LogP contribution in [0.5, 0.6) is 17.2 Å². The van der Waals surface area contributed by atoms with Crippen LogP contribution in [0.3, 0.4) is 0 Å². The zero-order valence-electron chi connectivity index (χ0n) is 18.9. The van der Waals surface area contributed by atoms with Crippen molar-refractivity contribution in [2.45, 2.75) is 13.5 Å². The van der Waals surface area contributed by atoms with Gasteiger partial charge in [-0.05, 0) is 55.0 Å². The Labute approximate surface area is 193 Å². The minimum Gasteiger partial charge on any atom is -0.497 e. The first-order chi connectivity index (χ1) is 16.1. The summed E-state index contributed by atoms with van der Waals surface area (Å²) in [5.74, 6) is 2.03. The maximum absolute atomic E-state index is 12.8. The van der Waals surface area contributed by atoms with Crippen LogP contribution in [0.1, 0.15) is 22.8 Å². The third-order valence-electron chi connectivity index (χ3n) is 5.29. The summed E-state index contributed by atoms with van der Waals surface area (Å²) in [4.78, 5) is 17.6. The van der Waals surface area contributed by atoms with Crippen LogP contribution in [-0.4, -0.2) is 31.7 Å². The molecule has 0 fully saturated rings. The van der Waals surface area contributed by atoms with Crippen LogP contribution in [0, 0.1) is 0 Å². The molecule has 0 saturated heterocycles. The molecule has 1 aromatic heterocycles. The monoisotopic (exact) mass is 442 g/mol. The van der Waals surface area contributed by atoms with Crippen molar-refractivity contribution < 1.29 is 19.0 Å². The van der Waals surface area contributed by atoms with Gasteiger partial charge in [0.2, 0.25) is 0 Å². The molecule has 4 aromatic rings. The second-order valence-corrected chi connectivity index (χ2v) is 7.44. The van der Waals surface area contributed by atoms with Crippen molar-refractivity contribution in [1.82, 2.24) is 10.3 Å². The Balaban J connectivity index is 1.63. The summed E-state index contributed by atoms with van der Waals surface area (Å²) in [5, 5.41) is 3.75. The van der Waals surface area contributed by atoms with Gasteiger partial charge in [0, 0.05) is 29.1 Å². The van der Waals surface area contributed by atoms with E-state index in [4.69, 9.17) is 19.2 Å². The topological polar surface area (TPSA) is 69.7 Å². The largest absolute Gasteiger partial charge is 0.497 e. The van der Waals surface area contributed by atoms with E-state index in [1.54, 1.807) is 20.3 Å². The molecule has 0 bridgehead atoms. The normalized spacial score (nSPS) is 10.6. The number of nitrogens with zero attached hydrogens (tertiary/aromatic N) is 1. The summed E-state index contributed by atoms with van der Waals surface area (Å²) in [6, 6.07) is 22.7. The molecule has 0 spiro atoms. The summed E-state index contributed by atoms with van der Waals surface area (Å²) in [6.07, 6.45) is 0. The van der Waals surface area contributed by atoms with E-state index in [1.165, 1.54) is 0 Å². The number of methoxy groups -OCH3 is 2. The molecule has 0 aliphatic heterocycles. The first-order valence-electron chi connectivity index (χ1n) is 10.7. The van der Waals surface area contributed by atoms with Crippen molar-refractivity contribution in [2.24, 2.45) is 0 Å². The van der Waals surface area contributed by atoms with E-state index in [9.17, 15) is 4.79 Å². The van der Waals surface area contributed by atoms with Crippen LogP contribution in [0.4, 0.5) is 0 Å². The van der Waals surface area contributed by atoms with Gasteiger partial charge in [0.05, 0.1) is 32.0 Å². The quantitative estimate of drug-likeness (QED) is 0.404. The predicted octanol–water partition coefficient (Wildman–Crippen LogP) is 5.25. The molecule has 33 heavy (non-hydrogen) atoms. The number of carbonyl (C=O) groups excluding carboxylic acids is 1. The van der Waals surface area contributed by atoms with Crippen molar-refractivity contribution in [3.8, 4) is 28.5 Å². The van der Waals surface area contributed by atoms with E-state index in [2.05, 4.69) is 5.32 Å². The van der Waals surface area contributed by atoms with Crippen LogP contribution in [0.15, 0.2) is 72.8 Å². The highest BCUT2D eigenvalue weighted by Crippen LogP contribution is 2.32. The molecule has 0 atom stereocenters. The fourth-order valence-corrected chi connectivity index (χ4v) is 3.61. The maximum atomic E-state index is 12.8. The first kappa shape index (κ1) is 22.1. The number of hydrogen-bond acceptors (Lipinski definition) is 5. The number of aromatic nitrogens is 1. The van der Waals surface area contributed by atoms with E-state index < -0.39 is 0 Å². The highest BCUT2D eigenvalue weighted by Gasteiger charge is 2.13. The lowest BCUT2D eigenvalue weighted by molar-refractivity contribution is 0.0951. The van der Waals surface area contributed by atoms with Crippen molar-refractivity contribution in [2.75, 3.05) is 20.8 Å². The number of carbonyl (C=O) groups is 1. The molecule has 0 saturated carbocycles. The average molecular weight is 443 g/mol. The Morgan fingerprint density at radius 2 is 1.67 bits per heavy atom. The third-order valence-corrected chi connectivity index (χ3v) is 5.29. The van der Waals surface area contributed by atoms with Crippen molar-refractivity contribution >= 4 is 16.8 Å². The molecule has 3 aromatic carbocycles. The van der Waals surface area contributed by atoms with Gasteiger partial charge in [-0.2, -0.15) is 0 Å². The summed E-state index contributed by atoms with van der Waals surface area (Å²) in [5.41, 5.74) is 3.96. The van der Waals surface area contributed by atoms with E-state index in [1.807, 2.05) is 73.7 Å². The minimum atomic E-state index is -0.168. The Kier molecular flexibility index (Phi) is 6.74. The van der Waals surface area contributed by atoms with Crippen molar-refractivity contribution in [3.63, 3.8) is 0 Å². The van der Waals surface area contributed by atoms with Crippen LogP contribution in [0.25, 0.3) is 22.2 Å². The Morgan fingerprint density at radius 1 is 0.909 bits per heavy atom. The summed E-state index contributed by atoms with van der Waals surface area (Å²) < 4.78 is 16.5. The summed E-state index contributed by atoms with van der Waals surface area (Å²) in [6.45, 7) is 2.84. The molecule has 0 aliphatic rings. The smallest absolute Gasteiger partial charge is 0.251 e. The molecule has 1 N–H and O–H groups in total. The highest BCUT2D eigenvalue weighted by atomic mass is 16.5. The van der Waals surface area contributed by atoms with Gasteiger partial charge in [-0.3, -0.25) is 4.79 Å². The molecular formula is C27H26N2O4. The van der Waals surface area contributed by atoms with Gasteiger partial charge in [0.15, 0.2) is 0 Å². The van der Waals surface area contributed by atoms with Gasteiger partial charge in [-0.15, -0.1) is 0 Å². The van der Waals surface area contributed by atoms with Gasteiger partial charge < -0.3 is 19.5 Å². The molecule has 0 unspecified atom stereocenters. The minimum absolute atomic E-state index is 0.168. The summed E-state index contributed by atoms with van der Waals surface area (Å²) in [7, 11) is 3.26. The molecule has 6 heteroatoms. The van der Waals surface area contributed by atoms with E-state index in [0.29, 0.717) is 24.5 Å². The number of amides is 1. The van der Waals surface area contributed by atoms with Crippen LogP contribution in [0.2, 0.25) is 0 Å². The van der Waals surface area contributed by atoms with E-state index in [0.717, 1.165) is 39.2 Å². The predicted molar refractivity (Wildman–Crippen MR) is 129 cm³/mol. The lowest BCUT2D eigenvalue weighted by Gasteiger charge is -2.12. The molecule has 1 heterocycles. The molecule has 168 valence electrons. The fourth-order valence-electron chi connectivity index (χ4n) is 3.61. The van der Waals surface area contributed by atoms with Gasteiger partial charge in [-0.1, -0.05) is 24.3 Å². The number of fused-ring (bicyclic) bond motifs is 1. The number of pyridine rings is 1. The van der Waals surface area contributed by atoms with Gasteiger partial charge >= 0.3 is 0 Å². The lowest BCUT2D eigenvalue weighted by atomic mass is 10.1. The molecule has 0 radical (unpaired) electrons. The Hall–Kier alpha value is -4.06. The second kappa shape index (κ2) is 10.0. The number of benzene rings is 3. The maximum Gasteiger partial charge on any atom is 0.251 e. The van der Waals surface area contributed by atoms with Crippen LogP contribution in [-0.2, 0) is 6.54 Å². The van der Waals surface area contributed by atoms with E-state index >= 15 is 0 Å². The molecule has 0 aliphatic carbocycles. The number of hydrogen-bond donors (Lipinski definition) is 1. The number of nitrogens with one attached hydrogen (secondary N) is 1. The van der Waals surface area contributed by atoms with Crippen molar-refractivity contribution in [1.29, 1.82) is 0 Å². The third kappa shape index (κ3) is 5.06. The zero-order chi connectivity index (χ0) is 23.2. The van der Waals surface area contributed by atoms with Gasteiger partial charge in [0.1, 0.15) is 17.2 Å².